The van der Waals surface area contributed by atoms with Gasteiger partial charge in [-0.3, -0.25) is 4.79 Å². The van der Waals surface area contributed by atoms with Crippen LogP contribution >= 0.6 is 31.9 Å². The van der Waals surface area contributed by atoms with Crippen molar-refractivity contribution in [3.63, 3.8) is 0 Å². The van der Waals surface area contributed by atoms with E-state index in [2.05, 4.69) is 37.2 Å². The van der Waals surface area contributed by atoms with E-state index in [1.807, 2.05) is 48.5 Å². The minimum Gasteiger partial charge on any atom is -0.378 e. The number of carbonyl (C=O) groups is 1. The molecule has 0 atom stereocenters. The SMILES string of the molecule is O=C(CNc1ccc(Br)cc1)c1ccc(Br)cc1. The number of hydrogen-bond acceptors (Lipinski definition) is 2. The van der Waals surface area contributed by atoms with Crippen molar-refractivity contribution in [1.29, 1.82) is 0 Å². The van der Waals surface area contributed by atoms with Crippen LogP contribution in [0.4, 0.5) is 5.69 Å². The fourth-order valence-electron chi connectivity index (χ4n) is 1.49. The molecule has 0 saturated carbocycles. The summed E-state index contributed by atoms with van der Waals surface area (Å²) in [5.74, 6) is 0.0745. The van der Waals surface area contributed by atoms with Crippen molar-refractivity contribution in [1.82, 2.24) is 0 Å². The zero-order valence-corrected chi connectivity index (χ0v) is 12.7. The van der Waals surface area contributed by atoms with Crippen molar-refractivity contribution >= 4 is 43.3 Å². The van der Waals surface area contributed by atoms with Gasteiger partial charge < -0.3 is 5.32 Å². The molecule has 0 amide bonds. The number of ketones is 1. The number of halogens is 2. The first kappa shape index (κ1) is 13.3. The summed E-state index contributed by atoms with van der Waals surface area (Å²) in [4.78, 5) is 11.9. The minimum absolute atomic E-state index is 0.0745. The highest BCUT2D eigenvalue weighted by Crippen LogP contribution is 2.15. The number of hydrogen-bond donors (Lipinski definition) is 1. The Morgan fingerprint density at radius 1 is 0.889 bits per heavy atom. The first-order valence-corrected chi connectivity index (χ1v) is 7.02. The van der Waals surface area contributed by atoms with Crippen LogP contribution in [0.3, 0.4) is 0 Å². The maximum absolute atomic E-state index is 11.9. The molecule has 2 rings (SSSR count). The molecule has 0 saturated heterocycles. The summed E-state index contributed by atoms with van der Waals surface area (Å²) in [6.07, 6.45) is 0. The van der Waals surface area contributed by atoms with E-state index in [0.717, 1.165) is 14.6 Å². The highest BCUT2D eigenvalue weighted by molar-refractivity contribution is 9.10. The molecule has 0 unspecified atom stereocenters. The van der Waals surface area contributed by atoms with Crippen molar-refractivity contribution in [2.24, 2.45) is 0 Å². The second-order valence-corrected chi connectivity index (χ2v) is 5.62. The fraction of sp³-hybridized carbons (Fsp3) is 0.0714. The molecule has 2 aromatic rings. The third-order valence-corrected chi connectivity index (χ3v) is 3.52. The van der Waals surface area contributed by atoms with E-state index in [9.17, 15) is 4.79 Å². The second-order valence-electron chi connectivity index (χ2n) is 3.79. The van der Waals surface area contributed by atoms with E-state index in [-0.39, 0.29) is 5.78 Å². The van der Waals surface area contributed by atoms with Crippen LogP contribution in [0.5, 0.6) is 0 Å². The van der Waals surface area contributed by atoms with E-state index in [0.29, 0.717) is 12.1 Å². The van der Waals surface area contributed by atoms with Gasteiger partial charge in [0.05, 0.1) is 6.54 Å². The lowest BCUT2D eigenvalue weighted by molar-refractivity contribution is 0.101. The molecule has 0 bridgehead atoms. The summed E-state index contributed by atoms with van der Waals surface area (Å²) >= 11 is 6.72. The Bertz CT molecular complexity index is 535. The Kier molecular flexibility index (Phi) is 4.55. The average molecular weight is 369 g/mol. The Morgan fingerprint density at radius 3 is 1.94 bits per heavy atom. The highest BCUT2D eigenvalue weighted by Gasteiger charge is 2.04. The number of anilines is 1. The van der Waals surface area contributed by atoms with Gasteiger partial charge >= 0.3 is 0 Å². The summed E-state index contributed by atoms with van der Waals surface area (Å²) < 4.78 is 1.99. The van der Waals surface area contributed by atoms with Gasteiger partial charge in [0.2, 0.25) is 0 Å². The van der Waals surface area contributed by atoms with Crippen LogP contribution in [0.1, 0.15) is 10.4 Å². The zero-order chi connectivity index (χ0) is 13.0. The summed E-state index contributed by atoms with van der Waals surface area (Å²) in [7, 11) is 0. The molecule has 1 N–H and O–H groups in total. The number of carbonyl (C=O) groups excluding carboxylic acids is 1. The van der Waals surface area contributed by atoms with Crippen LogP contribution < -0.4 is 5.32 Å². The van der Waals surface area contributed by atoms with Crippen LogP contribution in [0.15, 0.2) is 57.5 Å². The lowest BCUT2D eigenvalue weighted by atomic mass is 10.1. The van der Waals surface area contributed by atoms with Crippen molar-refractivity contribution in [3.05, 3.63) is 63.0 Å². The topological polar surface area (TPSA) is 29.1 Å². The van der Waals surface area contributed by atoms with Crippen LogP contribution in [0.2, 0.25) is 0 Å². The number of rotatable bonds is 4. The quantitative estimate of drug-likeness (QED) is 0.804. The molecule has 0 fully saturated rings. The molecule has 92 valence electrons. The van der Waals surface area contributed by atoms with Gasteiger partial charge in [0.25, 0.3) is 0 Å². The largest absolute Gasteiger partial charge is 0.378 e. The van der Waals surface area contributed by atoms with Gasteiger partial charge in [-0.05, 0) is 36.4 Å². The third kappa shape index (κ3) is 3.68. The molecule has 0 spiro atoms. The van der Waals surface area contributed by atoms with Gasteiger partial charge in [-0.15, -0.1) is 0 Å². The van der Waals surface area contributed by atoms with Crippen LogP contribution in [-0.4, -0.2) is 12.3 Å². The van der Waals surface area contributed by atoms with Crippen LogP contribution in [-0.2, 0) is 0 Å². The Morgan fingerprint density at radius 2 is 1.39 bits per heavy atom. The van der Waals surface area contributed by atoms with Gasteiger partial charge in [0.1, 0.15) is 0 Å². The fourth-order valence-corrected chi connectivity index (χ4v) is 2.02. The molecule has 0 aliphatic carbocycles. The maximum atomic E-state index is 11.9. The molecule has 2 nitrogen and oxygen atoms in total. The van der Waals surface area contributed by atoms with E-state index in [4.69, 9.17) is 0 Å². The molecule has 0 aromatic heterocycles. The Hall–Kier alpha value is -1.13. The number of nitrogens with one attached hydrogen (secondary N) is 1. The molecule has 0 radical (unpaired) electrons. The summed E-state index contributed by atoms with van der Waals surface area (Å²) in [5.41, 5.74) is 1.64. The molecule has 4 heteroatoms. The highest BCUT2D eigenvalue weighted by atomic mass is 79.9. The van der Waals surface area contributed by atoms with Crippen molar-refractivity contribution in [3.8, 4) is 0 Å². The Balaban J connectivity index is 1.96. The molecule has 18 heavy (non-hydrogen) atoms. The monoisotopic (exact) mass is 367 g/mol. The summed E-state index contributed by atoms with van der Waals surface area (Å²) in [5, 5.41) is 3.10. The van der Waals surface area contributed by atoms with Gasteiger partial charge in [-0.2, -0.15) is 0 Å². The number of Topliss-reactive ketones (excluding diaryl/α,β-unsaturated/α-hetero) is 1. The number of benzene rings is 2. The summed E-state index contributed by atoms with van der Waals surface area (Å²) in [6.45, 7) is 0.295. The predicted octanol–water partition coefficient (Wildman–Crippen LogP) is 4.51. The average Bonchev–Trinajstić information content (AvgIpc) is 2.38. The van der Waals surface area contributed by atoms with Crippen molar-refractivity contribution < 1.29 is 4.79 Å². The maximum Gasteiger partial charge on any atom is 0.181 e. The van der Waals surface area contributed by atoms with Crippen molar-refractivity contribution in [2.45, 2.75) is 0 Å². The molecule has 0 heterocycles. The molecular weight excluding hydrogens is 358 g/mol. The smallest absolute Gasteiger partial charge is 0.181 e. The standard InChI is InChI=1S/C14H11Br2NO/c15-11-3-1-10(2-4-11)14(18)9-17-13-7-5-12(16)6-8-13/h1-8,17H,9H2. The van der Waals surface area contributed by atoms with E-state index in [1.54, 1.807) is 0 Å². The van der Waals surface area contributed by atoms with Crippen LogP contribution in [0.25, 0.3) is 0 Å². The predicted molar refractivity (Wildman–Crippen MR) is 81.1 cm³/mol. The van der Waals surface area contributed by atoms with Gasteiger partial charge in [0, 0.05) is 20.2 Å². The lowest BCUT2D eigenvalue weighted by Gasteiger charge is -2.06. The Labute approximate surface area is 123 Å². The third-order valence-electron chi connectivity index (χ3n) is 2.46. The van der Waals surface area contributed by atoms with E-state index < -0.39 is 0 Å². The molecule has 0 aliphatic rings. The van der Waals surface area contributed by atoms with Gasteiger partial charge in [0.15, 0.2) is 5.78 Å². The van der Waals surface area contributed by atoms with Gasteiger partial charge in [-0.25, -0.2) is 0 Å². The summed E-state index contributed by atoms with van der Waals surface area (Å²) in [6, 6.07) is 15.1. The molecule has 2 aromatic carbocycles. The normalized spacial score (nSPS) is 10.1. The van der Waals surface area contributed by atoms with Gasteiger partial charge in [-0.1, -0.05) is 44.0 Å². The molecular formula is C14H11Br2NO. The lowest BCUT2D eigenvalue weighted by Crippen LogP contribution is -2.13. The van der Waals surface area contributed by atoms with E-state index in [1.165, 1.54) is 0 Å². The van der Waals surface area contributed by atoms with E-state index >= 15 is 0 Å². The zero-order valence-electron chi connectivity index (χ0n) is 9.49. The second kappa shape index (κ2) is 6.16. The minimum atomic E-state index is 0.0745. The van der Waals surface area contributed by atoms with Crippen molar-refractivity contribution in [2.75, 3.05) is 11.9 Å². The molecule has 0 aliphatic heterocycles. The first-order valence-electron chi connectivity index (χ1n) is 5.43. The van der Waals surface area contributed by atoms with Crippen LogP contribution in [0, 0.1) is 0 Å². The first-order chi connectivity index (χ1) is 8.65.